The summed E-state index contributed by atoms with van der Waals surface area (Å²) in [5.41, 5.74) is 1.24. The highest BCUT2D eigenvalue weighted by Crippen LogP contribution is 2.32. The van der Waals surface area contributed by atoms with E-state index in [2.05, 4.69) is 21.2 Å². The van der Waals surface area contributed by atoms with Crippen LogP contribution in [0.4, 0.5) is 5.69 Å². The molecular formula is C21H22BrClN2O4. The van der Waals surface area contributed by atoms with Gasteiger partial charge in [-0.25, -0.2) is 0 Å². The lowest BCUT2D eigenvalue weighted by atomic mass is 9.95. The number of carbonyl (C=O) groups excluding carboxylic acids is 2. The topological polar surface area (TPSA) is 78.9 Å². The van der Waals surface area contributed by atoms with Crippen LogP contribution in [0.15, 0.2) is 40.9 Å². The Morgan fingerprint density at radius 1 is 1.28 bits per heavy atom. The number of hydrogen-bond acceptors (Lipinski definition) is 4. The van der Waals surface area contributed by atoms with E-state index in [1.807, 2.05) is 13.0 Å². The molecule has 1 fully saturated rings. The number of hydrogen-bond donors (Lipinski definition) is 2. The number of aromatic hydroxyl groups is 1. The summed E-state index contributed by atoms with van der Waals surface area (Å²) in [7, 11) is 0. The van der Waals surface area contributed by atoms with Crippen molar-refractivity contribution < 1.29 is 19.4 Å². The van der Waals surface area contributed by atoms with Crippen LogP contribution in [-0.2, 0) is 9.59 Å². The molecule has 0 bridgehead atoms. The fourth-order valence-electron chi connectivity index (χ4n) is 3.30. The number of phenolic OH excluding ortho intramolecular Hbond substituents is 1. The molecule has 0 aliphatic carbocycles. The molecule has 1 saturated heterocycles. The number of halogens is 2. The van der Waals surface area contributed by atoms with Gasteiger partial charge in [0.25, 0.3) is 5.91 Å². The van der Waals surface area contributed by atoms with E-state index in [0.29, 0.717) is 42.4 Å². The molecule has 1 heterocycles. The van der Waals surface area contributed by atoms with E-state index in [-0.39, 0.29) is 30.1 Å². The minimum atomic E-state index is -0.206. The van der Waals surface area contributed by atoms with Gasteiger partial charge in [-0.3, -0.25) is 9.59 Å². The Hall–Kier alpha value is -2.25. The lowest BCUT2D eigenvalue weighted by Gasteiger charge is -2.31. The van der Waals surface area contributed by atoms with Crippen molar-refractivity contribution in [1.82, 2.24) is 4.90 Å². The fourth-order valence-corrected chi connectivity index (χ4v) is 4.33. The molecule has 0 aromatic heterocycles. The van der Waals surface area contributed by atoms with Crippen molar-refractivity contribution in [2.45, 2.75) is 19.8 Å². The molecule has 0 unspecified atom stereocenters. The van der Waals surface area contributed by atoms with Gasteiger partial charge in [0.05, 0.1) is 10.7 Å². The van der Waals surface area contributed by atoms with Crippen molar-refractivity contribution in [3.05, 3.63) is 51.5 Å². The molecule has 1 aliphatic rings. The normalized spacial score (nSPS) is 14.5. The van der Waals surface area contributed by atoms with Gasteiger partial charge in [-0.05, 0) is 49.6 Å². The van der Waals surface area contributed by atoms with Gasteiger partial charge < -0.3 is 20.1 Å². The number of aryl methyl sites for hydroxylation is 1. The Morgan fingerprint density at radius 2 is 1.97 bits per heavy atom. The first-order chi connectivity index (χ1) is 13.8. The molecule has 29 heavy (non-hydrogen) atoms. The highest BCUT2D eigenvalue weighted by Gasteiger charge is 2.28. The van der Waals surface area contributed by atoms with E-state index in [4.69, 9.17) is 16.3 Å². The quantitative estimate of drug-likeness (QED) is 0.622. The Labute approximate surface area is 182 Å². The third kappa shape index (κ3) is 5.42. The van der Waals surface area contributed by atoms with Gasteiger partial charge in [0.15, 0.2) is 6.61 Å². The van der Waals surface area contributed by atoms with Gasteiger partial charge in [-0.1, -0.05) is 39.7 Å². The first kappa shape index (κ1) is 21.5. The Kier molecular flexibility index (Phi) is 7.03. The number of anilines is 1. The predicted octanol–water partition coefficient (Wildman–Crippen LogP) is 4.37. The molecule has 2 aromatic carbocycles. The van der Waals surface area contributed by atoms with Crippen LogP contribution in [0.2, 0.25) is 5.02 Å². The SMILES string of the molecule is Cc1cc(Br)cc(Cl)c1OCC(=O)N1CCC(C(=O)Nc2ccccc2O)CC1. The van der Waals surface area contributed by atoms with Gasteiger partial charge in [-0.15, -0.1) is 0 Å². The number of likely N-dealkylation sites (tertiary alicyclic amines) is 1. The number of phenols is 1. The lowest BCUT2D eigenvalue weighted by molar-refractivity contribution is -0.136. The van der Waals surface area contributed by atoms with Gasteiger partial charge in [0.1, 0.15) is 11.5 Å². The van der Waals surface area contributed by atoms with E-state index in [1.54, 1.807) is 29.2 Å². The highest BCUT2D eigenvalue weighted by atomic mass is 79.9. The summed E-state index contributed by atoms with van der Waals surface area (Å²) in [4.78, 5) is 26.6. The Bertz CT molecular complexity index is 890. The van der Waals surface area contributed by atoms with E-state index >= 15 is 0 Å². The molecule has 8 heteroatoms. The third-order valence-electron chi connectivity index (χ3n) is 4.91. The number of para-hydroxylation sites is 2. The van der Waals surface area contributed by atoms with Crippen molar-refractivity contribution in [3.63, 3.8) is 0 Å². The third-order valence-corrected chi connectivity index (χ3v) is 5.65. The summed E-state index contributed by atoms with van der Waals surface area (Å²) < 4.78 is 6.50. The van der Waals surface area contributed by atoms with Crippen LogP contribution in [-0.4, -0.2) is 41.5 Å². The number of nitrogens with one attached hydrogen (secondary N) is 1. The molecule has 2 N–H and O–H groups in total. The van der Waals surface area contributed by atoms with Crippen LogP contribution in [0.1, 0.15) is 18.4 Å². The van der Waals surface area contributed by atoms with Gasteiger partial charge in [0, 0.05) is 23.5 Å². The Balaban J connectivity index is 1.49. The average molecular weight is 482 g/mol. The molecule has 3 rings (SSSR count). The predicted molar refractivity (Wildman–Crippen MR) is 115 cm³/mol. The highest BCUT2D eigenvalue weighted by molar-refractivity contribution is 9.10. The summed E-state index contributed by atoms with van der Waals surface area (Å²) in [6.07, 6.45) is 1.12. The summed E-state index contributed by atoms with van der Waals surface area (Å²) in [6, 6.07) is 10.2. The van der Waals surface area contributed by atoms with Crippen LogP contribution in [0.25, 0.3) is 0 Å². The monoisotopic (exact) mass is 480 g/mol. The summed E-state index contributed by atoms with van der Waals surface area (Å²) in [5, 5.41) is 13.0. The van der Waals surface area contributed by atoms with E-state index in [9.17, 15) is 14.7 Å². The van der Waals surface area contributed by atoms with Crippen molar-refractivity contribution in [3.8, 4) is 11.5 Å². The van der Waals surface area contributed by atoms with Crippen LogP contribution in [0.5, 0.6) is 11.5 Å². The lowest BCUT2D eigenvalue weighted by Crippen LogP contribution is -2.43. The maximum Gasteiger partial charge on any atom is 0.260 e. The first-order valence-electron chi connectivity index (χ1n) is 9.30. The van der Waals surface area contributed by atoms with Crippen LogP contribution in [0, 0.1) is 12.8 Å². The van der Waals surface area contributed by atoms with Crippen molar-refractivity contribution in [2.75, 3.05) is 25.0 Å². The summed E-state index contributed by atoms with van der Waals surface area (Å²) >= 11 is 9.56. The fraction of sp³-hybridized carbons (Fsp3) is 0.333. The number of amides is 2. The second-order valence-corrected chi connectivity index (χ2v) is 8.31. The molecular weight excluding hydrogens is 460 g/mol. The number of piperidine rings is 1. The standard InChI is InChI=1S/C21H22BrClN2O4/c1-13-10-15(22)11-16(23)20(13)29-12-19(27)25-8-6-14(7-9-25)21(28)24-17-4-2-3-5-18(17)26/h2-5,10-11,14,26H,6-9,12H2,1H3,(H,24,28). The molecule has 0 atom stereocenters. The van der Waals surface area contributed by atoms with E-state index < -0.39 is 0 Å². The molecule has 6 nitrogen and oxygen atoms in total. The summed E-state index contributed by atoms with van der Waals surface area (Å²) in [5.74, 6) is 0.0467. The number of carbonyl (C=O) groups is 2. The summed E-state index contributed by atoms with van der Waals surface area (Å²) in [6.45, 7) is 2.73. The maximum atomic E-state index is 12.5. The van der Waals surface area contributed by atoms with Gasteiger partial charge in [-0.2, -0.15) is 0 Å². The first-order valence-corrected chi connectivity index (χ1v) is 10.5. The molecule has 0 spiro atoms. The smallest absolute Gasteiger partial charge is 0.260 e. The number of rotatable bonds is 5. The molecule has 1 aliphatic heterocycles. The molecule has 2 amide bonds. The minimum Gasteiger partial charge on any atom is -0.506 e. The zero-order valence-corrected chi connectivity index (χ0v) is 18.3. The molecule has 2 aromatic rings. The second kappa shape index (κ2) is 9.50. The molecule has 154 valence electrons. The largest absolute Gasteiger partial charge is 0.506 e. The van der Waals surface area contributed by atoms with Gasteiger partial charge >= 0.3 is 0 Å². The average Bonchev–Trinajstić information content (AvgIpc) is 2.69. The number of benzene rings is 2. The molecule has 0 saturated carbocycles. The Morgan fingerprint density at radius 3 is 2.62 bits per heavy atom. The number of ether oxygens (including phenoxy) is 1. The van der Waals surface area contributed by atoms with Crippen molar-refractivity contribution in [2.24, 2.45) is 5.92 Å². The molecule has 0 radical (unpaired) electrons. The van der Waals surface area contributed by atoms with E-state index in [0.717, 1.165) is 10.0 Å². The van der Waals surface area contributed by atoms with Crippen LogP contribution < -0.4 is 10.1 Å². The number of nitrogens with zero attached hydrogens (tertiary/aromatic N) is 1. The zero-order valence-electron chi connectivity index (χ0n) is 16.0. The van der Waals surface area contributed by atoms with Crippen LogP contribution >= 0.6 is 27.5 Å². The van der Waals surface area contributed by atoms with Crippen LogP contribution in [0.3, 0.4) is 0 Å². The van der Waals surface area contributed by atoms with Gasteiger partial charge in [0.2, 0.25) is 5.91 Å². The van der Waals surface area contributed by atoms with E-state index in [1.165, 1.54) is 6.07 Å². The van der Waals surface area contributed by atoms with Crippen molar-refractivity contribution in [1.29, 1.82) is 0 Å². The van der Waals surface area contributed by atoms with Crippen molar-refractivity contribution >= 4 is 45.0 Å². The maximum absolute atomic E-state index is 12.5. The minimum absolute atomic E-state index is 0.0347. The zero-order chi connectivity index (χ0) is 21.0. The second-order valence-electron chi connectivity index (χ2n) is 6.98.